The zero-order chi connectivity index (χ0) is 17.8. The normalized spacial score (nSPS) is 12.3. The fraction of sp³-hybridized carbons (Fsp3) is 0.350. The van der Waals surface area contributed by atoms with E-state index in [0.29, 0.717) is 6.54 Å². The average molecular weight is 341 g/mol. The van der Waals surface area contributed by atoms with Crippen LogP contribution in [0.3, 0.4) is 0 Å². The molecule has 0 saturated carbocycles. The van der Waals surface area contributed by atoms with E-state index in [2.05, 4.69) is 35.2 Å². The van der Waals surface area contributed by atoms with Gasteiger partial charge in [-0.05, 0) is 36.4 Å². The van der Waals surface area contributed by atoms with Crippen LogP contribution in [0.4, 0.5) is 0 Å². The van der Waals surface area contributed by atoms with Gasteiger partial charge in [-0.3, -0.25) is 0 Å². The fourth-order valence-corrected chi connectivity index (χ4v) is 3.19. The van der Waals surface area contributed by atoms with Gasteiger partial charge >= 0.3 is 0 Å². The molecule has 1 atom stereocenters. The van der Waals surface area contributed by atoms with Gasteiger partial charge in [-0.2, -0.15) is 0 Å². The second-order valence-electron chi connectivity index (χ2n) is 6.07. The highest BCUT2D eigenvalue weighted by Crippen LogP contribution is 2.18. The molecule has 5 heteroatoms. The summed E-state index contributed by atoms with van der Waals surface area (Å²) in [7, 11) is 3.70. The predicted molar refractivity (Wildman–Crippen MR) is 97.0 cm³/mol. The number of ether oxygens (including phenoxy) is 2. The van der Waals surface area contributed by atoms with Crippen molar-refractivity contribution in [3.05, 3.63) is 54.4 Å². The minimum Gasteiger partial charge on any atom is -0.497 e. The Bertz CT molecular complexity index is 840. The minimum atomic E-state index is -0.594. The first kappa shape index (κ1) is 17.3. The molecule has 25 heavy (non-hydrogen) atoms. The molecule has 0 aliphatic heterocycles. The molecule has 0 radical (unpaired) electrons. The van der Waals surface area contributed by atoms with Crippen molar-refractivity contribution in [1.29, 1.82) is 0 Å². The Morgan fingerprint density at radius 1 is 1.08 bits per heavy atom. The average Bonchev–Trinajstić information content (AvgIpc) is 2.92. The zero-order valence-electron chi connectivity index (χ0n) is 15.0. The lowest BCUT2D eigenvalue weighted by molar-refractivity contribution is -0.653. The van der Waals surface area contributed by atoms with Gasteiger partial charge in [0.2, 0.25) is 0 Å². The van der Waals surface area contributed by atoms with Gasteiger partial charge in [0, 0.05) is 6.42 Å². The molecule has 1 heterocycles. The Hall–Kier alpha value is -2.53. The quantitative estimate of drug-likeness (QED) is 0.672. The number of rotatable bonds is 7. The molecular weight excluding hydrogens is 316 g/mol. The molecule has 0 unspecified atom stereocenters. The molecule has 0 spiro atoms. The van der Waals surface area contributed by atoms with Gasteiger partial charge < -0.3 is 14.6 Å². The van der Waals surface area contributed by atoms with Crippen LogP contribution in [0.1, 0.15) is 12.7 Å². The molecule has 2 aromatic carbocycles. The highest BCUT2D eigenvalue weighted by atomic mass is 16.5. The molecule has 1 N–H and O–H groups in total. The first-order valence-electron chi connectivity index (χ1n) is 8.55. The minimum absolute atomic E-state index is 0.242. The summed E-state index contributed by atoms with van der Waals surface area (Å²) in [6.45, 7) is 2.87. The number of hydrogen-bond acceptors (Lipinski definition) is 3. The Labute approximate surface area is 148 Å². The number of nitrogens with zero attached hydrogens (tertiary/aromatic N) is 2. The van der Waals surface area contributed by atoms with Crippen LogP contribution in [0.2, 0.25) is 0 Å². The molecule has 0 fully saturated rings. The number of imidazole rings is 1. The molecule has 132 valence electrons. The number of hydrogen-bond donors (Lipinski definition) is 1. The van der Waals surface area contributed by atoms with E-state index < -0.39 is 6.10 Å². The Kier molecular flexibility index (Phi) is 5.24. The van der Waals surface area contributed by atoms with E-state index in [1.165, 1.54) is 11.3 Å². The number of fused-ring (bicyclic) bond motifs is 1. The summed E-state index contributed by atoms with van der Waals surface area (Å²) in [5.41, 5.74) is 2.30. The molecule has 0 aliphatic carbocycles. The van der Waals surface area contributed by atoms with Crippen LogP contribution in [-0.4, -0.2) is 29.5 Å². The fourth-order valence-electron chi connectivity index (χ4n) is 3.19. The first-order chi connectivity index (χ1) is 12.1. The second kappa shape index (κ2) is 7.57. The topological polar surface area (TPSA) is 47.5 Å². The van der Waals surface area contributed by atoms with Crippen molar-refractivity contribution in [2.75, 3.05) is 13.7 Å². The molecule has 0 saturated heterocycles. The smallest absolute Gasteiger partial charge is 0.256 e. The van der Waals surface area contributed by atoms with Crippen LogP contribution in [0.25, 0.3) is 11.0 Å². The lowest BCUT2D eigenvalue weighted by Crippen LogP contribution is -2.34. The Morgan fingerprint density at radius 3 is 2.44 bits per heavy atom. The third-order valence-corrected chi connectivity index (χ3v) is 4.44. The van der Waals surface area contributed by atoms with Crippen LogP contribution in [0, 0.1) is 0 Å². The van der Waals surface area contributed by atoms with E-state index in [-0.39, 0.29) is 6.61 Å². The third kappa shape index (κ3) is 3.61. The van der Waals surface area contributed by atoms with Crippen molar-refractivity contribution in [2.24, 2.45) is 7.05 Å². The van der Waals surface area contributed by atoms with Gasteiger partial charge in [-0.25, -0.2) is 9.13 Å². The van der Waals surface area contributed by atoms with Crippen molar-refractivity contribution in [2.45, 2.75) is 26.0 Å². The number of aromatic nitrogens is 2. The van der Waals surface area contributed by atoms with Crippen LogP contribution in [0.15, 0.2) is 48.5 Å². The predicted octanol–water partition coefficient (Wildman–Crippen LogP) is 2.48. The lowest BCUT2D eigenvalue weighted by Gasteiger charge is -2.12. The van der Waals surface area contributed by atoms with Crippen molar-refractivity contribution < 1.29 is 19.1 Å². The summed E-state index contributed by atoms with van der Waals surface area (Å²) in [4.78, 5) is 0. The largest absolute Gasteiger partial charge is 0.497 e. The van der Waals surface area contributed by atoms with E-state index in [1.807, 2.05) is 36.4 Å². The lowest BCUT2D eigenvalue weighted by atomic mass is 10.3. The van der Waals surface area contributed by atoms with Crippen LogP contribution < -0.4 is 14.0 Å². The number of aliphatic hydroxyl groups excluding tert-OH is 1. The summed E-state index contributed by atoms with van der Waals surface area (Å²) >= 11 is 0. The van der Waals surface area contributed by atoms with E-state index in [0.717, 1.165) is 23.4 Å². The molecule has 3 rings (SSSR count). The second-order valence-corrected chi connectivity index (χ2v) is 6.07. The van der Waals surface area contributed by atoms with Crippen molar-refractivity contribution in [3.8, 4) is 11.5 Å². The van der Waals surface area contributed by atoms with E-state index in [1.54, 1.807) is 7.11 Å². The van der Waals surface area contributed by atoms with E-state index >= 15 is 0 Å². The van der Waals surface area contributed by atoms with Crippen molar-refractivity contribution in [1.82, 2.24) is 4.57 Å². The molecule has 5 nitrogen and oxygen atoms in total. The first-order valence-corrected chi connectivity index (χ1v) is 8.55. The number of para-hydroxylation sites is 2. The summed E-state index contributed by atoms with van der Waals surface area (Å²) in [6.07, 6.45) is 0.306. The van der Waals surface area contributed by atoms with Gasteiger partial charge in [0.1, 0.15) is 30.8 Å². The molecule has 0 bridgehead atoms. The third-order valence-electron chi connectivity index (χ3n) is 4.44. The van der Waals surface area contributed by atoms with Crippen molar-refractivity contribution >= 4 is 11.0 Å². The number of aliphatic hydroxyl groups is 1. The summed E-state index contributed by atoms with van der Waals surface area (Å²) in [5.74, 6) is 2.69. The highest BCUT2D eigenvalue weighted by Gasteiger charge is 2.23. The Morgan fingerprint density at radius 2 is 1.76 bits per heavy atom. The van der Waals surface area contributed by atoms with Gasteiger partial charge in [0.05, 0.1) is 14.2 Å². The maximum atomic E-state index is 10.5. The molecular formula is C20H25N2O3+. The van der Waals surface area contributed by atoms with Crippen LogP contribution >= 0.6 is 0 Å². The number of benzene rings is 2. The molecule has 3 aromatic rings. The molecule has 0 aliphatic rings. The van der Waals surface area contributed by atoms with Gasteiger partial charge in [0.25, 0.3) is 5.82 Å². The summed E-state index contributed by atoms with van der Waals surface area (Å²) in [5, 5.41) is 10.5. The van der Waals surface area contributed by atoms with Crippen LogP contribution in [0.5, 0.6) is 11.5 Å². The van der Waals surface area contributed by atoms with Gasteiger partial charge in [-0.1, -0.05) is 19.1 Å². The van der Waals surface area contributed by atoms with Gasteiger partial charge in [0.15, 0.2) is 11.0 Å². The van der Waals surface area contributed by atoms with Gasteiger partial charge in [-0.15, -0.1) is 0 Å². The SMILES string of the molecule is CCc1n(C[C@@H](O)COc2ccc(OC)cc2)c2ccccc2[n+]1C. The molecule has 0 amide bonds. The maximum Gasteiger partial charge on any atom is 0.256 e. The highest BCUT2D eigenvalue weighted by molar-refractivity contribution is 5.72. The van der Waals surface area contributed by atoms with E-state index in [4.69, 9.17) is 9.47 Å². The standard InChI is InChI=1S/C20H25N2O3/c1-4-20-21(2)18-7-5-6-8-19(18)22(20)13-15(23)14-25-17-11-9-16(24-3)10-12-17/h5-12,15,23H,4,13-14H2,1-3H3/q+1/t15-/m1/s1. The van der Waals surface area contributed by atoms with Crippen molar-refractivity contribution in [3.63, 3.8) is 0 Å². The maximum absolute atomic E-state index is 10.5. The number of methoxy groups -OCH3 is 1. The monoisotopic (exact) mass is 341 g/mol. The summed E-state index contributed by atoms with van der Waals surface area (Å²) in [6, 6.07) is 15.6. The molecule has 1 aromatic heterocycles. The zero-order valence-corrected chi connectivity index (χ0v) is 15.0. The Balaban J connectivity index is 1.72. The number of aryl methyl sites for hydroxylation is 1. The van der Waals surface area contributed by atoms with E-state index in [9.17, 15) is 5.11 Å². The summed E-state index contributed by atoms with van der Waals surface area (Å²) < 4.78 is 15.2. The van der Waals surface area contributed by atoms with Crippen LogP contribution in [-0.2, 0) is 20.0 Å².